The number of pyridine rings is 1. The molecule has 142 valence electrons. The zero-order chi connectivity index (χ0) is 18.8. The highest BCUT2D eigenvalue weighted by Crippen LogP contribution is 2.34. The average Bonchev–Trinajstić information content (AvgIpc) is 3.21. The molecule has 2 aromatic rings. The van der Waals surface area contributed by atoms with E-state index < -0.39 is 0 Å². The van der Waals surface area contributed by atoms with E-state index in [1.54, 1.807) is 0 Å². The van der Waals surface area contributed by atoms with Gasteiger partial charge in [-0.1, -0.05) is 12.2 Å². The molecule has 2 aromatic heterocycles. The monoisotopic (exact) mass is 365 g/mol. The van der Waals surface area contributed by atoms with Crippen molar-refractivity contribution in [1.82, 2.24) is 20.5 Å². The SMILES string of the molecule is C=Nc1cc(Nc2cc(C)[nH]n2)nc(NC2C[C@H]3CC[C@@H](C2)N3)c1/C=C\C. The number of anilines is 3. The summed E-state index contributed by atoms with van der Waals surface area (Å²) in [7, 11) is 0. The molecule has 0 radical (unpaired) electrons. The molecule has 2 aliphatic rings. The molecule has 4 N–H and O–H groups in total. The third-order valence-corrected chi connectivity index (χ3v) is 5.32. The van der Waals surface area contributed by atoms with E-state index >= 15 is 0 Å². The van der Waals surface area contributed by atoms with E-state index in [9.17, 15) is 0 Å². The number of H-pyrrole nitrogens is 1. The molecule has 0 aliphatic carbocycles. The molecule has 0 saturated carbocycles. The highest BCUT2D eigenvalue weighted by atomic mass is 15.2. The lowest BCUT2D eigenvalue weighted by Gasteiger charge is -2.30. The van der Waals surface area contributed by atoms with Crippen LogP contribution in [0.15, 0.2) is 23.2 Å². The standard InChI is InChI=1S/C20H27N7/c1-4-5-16-17(21-3)11-18(24-19-8-12(2)26-27-19)25-20(16)23-15-9-13-6-7-14(10-15)22-13/h4-5,8,11,13-15,22H,3,6-7,9-10H2,1-2H3,(H3,23,24,25,26,27)/b5-4-/t13-,14+,15?. The van der Waals surface area contributed by atoms with E-state index in [1.807, 2.05) is 38.1 Å². The van der Waals surface area contributed by atoms with Gasteiger partial charge in [0, 0.05) is 41.5 Å². The van der Waals surface area contributed by atoms with Gasteiger partial charge in [-0.05, 0) is 46.2 Å². The number of allylic oxidation sites excluding steroid dienone is 1. The van der Waals surface area contributed by atoms with Crippen molar-refractivity contribution in [2.75, 3.05) is 10.6 Å². The van der Waals surface area contributed by atoms with Crippen LogP contribution >= 0.6 is 0 Å². The molecular weight excluding hydrogens is 338 g/mol. The Balaban J connectivity index is 1.64. The summed E-state index contributed by atoms with van der Waals surface area (Å²) in [5.41, 5.74) is 2.77. The van der Waals surface area contributed by atoms with Crippen molar-refractivity contribution in [1.29, 1.82) is 0 Å². The molecule has 7 nitrogen and oxygen atoms in total. The summed E-state index contributed by atoms with van der Waals surface area (Å²) >= 11 is 0. The molecule has 2 saturated heterocycles. The van der Waals surface area contributed by atoms with E-state index in [0.717, 1.165) is 41.4 Å². The van der Waals surface area contributed by atoms with Crippen molar-refractivity contribution < 1.29 is 0 Å². The Hall–Kier alpha value is -2.67. The van der Waals surface area contributed by atoms with Gasteiger partial charge in [-0.25, -0.2) is 4.98 Å². The van der Waals surface area contributed by atoms with Gasteiger partial charge < -0.3 is 16.0 Å². The number of aliphatic imine (C=N–C) groups is 1. The number of nitrogens with one attached hydrogen (secondary N) is 4. The molecule has 2 bridgehead atoms. The van der Waals surface area contributed by atoms with Gasteiger partial charge in [-0.15, -0.1) is 0 Å². The summed E-state index contributed by atoms with van der Waals surface area (Å²) in [6, 6.07) is 5.51. The second-order valence-corrected chi connectivity index (χ2v) is 7.46. The van der Waals surface area contributed by atoms with Crippen LogP contribution in [0.5, 0.6) is 0 Å². The summed E-state index contributed by atoms with van der Waals surface area (Å²) in [6.45, 7) is 7.72. The molecule has 0 aromatic carbocycles. The summed E-state index contributed by atoms with van der Waals surface area (Å²) in [4.78, 5) is 9.06. The quantitative estimate of drug-likeness (QED) is 0.583. The van der Waals surface area contributed by atoms with Crippen LogP contribution in [0.25, 0.3) is 6.08 Å². The Kier molecular flexibility index (Phi) is 4.94. The number of aromatic nitrogens is 3. The maximum absolute atomic E-state index is 4.83. The Labute approximate surface area is 159 Å². The third kappa shape index (κ3) is 3.88. The van der Waals surface area contributed by atoms with Crippen LogP contribution < -0.4 is 16.0 Å². The first kappa shape index (κ1) is 17.7. The second-order valence-electron chi connectivity index (χ2n) is 7.46. The number of nitrogens with zero attached hydrogens (tertiary/aromatic N) is 3. The molecule has 4 heterocycles. The molecule has 2 aliphatic heterocycles. The van der Waals surface area contributed by atoms with E-state index in [1.165, 1.54) is 12.8 Å². The van der Waals surface area contributed by atoms with Gasteiger partial charge in [-0.2, -0.15) is 5.10 Å². The number of aromatic amines is 1. The maximum Gasteiger partial charge on any atom is 0.153 e. The first-order valence-electron chi connectivity index (χ1n) is 9.60. The lowest BCUT2D eigenvalue weighted by atomic mass is 9.99. The van der Waals surface area contributed by atoms with Crippen molar-refractivity contribution in [3.05, 3.63) is 29.5 Å². The minimum absolute atomic E-state index is 0.417. The van der Waals surface area contributed by atoms with Crippen LogP contribution in [0.2, 0.25) is 0 Å². The van der Waals surface area contributed by atoms with Crippen LogP contribution in [0, 0.1) is 6.92 Å². The molecule has 3 atom stereocenters. The van der Waals surface area contributed by atoms with Crippen LogP contribution in [0.4, 0.5) is 23.1 Å². The lowest BCUT2D eigenvalue weighted by molar-refractivity contribution is 0.377. The highest BCUT2D eigenvalue weighted by molar-refractivity contribution is 5.78. The second kappa shape index (κ2) is 7.52. The van der Waals surface area contributed by atoms with Gasteiger partial charge in [0.05, 0.1) is 5.69 Å². The van der Waals surface area contributed by atoms with Crippen LogP contribution in [0.1, 0.15) is 43.9 Å². The zero-order valence-corrected chi connectivity index (χ0v) is 15.9. The predicted octanol–water partition coefficient (Wildman–Crippen LogP) is 3.92. The predicted molar refractivity (Wildman–Crippen MR) is 111 cm³/mol. The molecule has 0 spiro atoms. The number of hydrogen-bond donors (Lipinski definition) is 4. The maximum atomic E-state index is 4.83. The van der Waals surface area contributed by atoms with Crippen molar-refractivity contribution >= 4 is 35.9 Å². The number of aryl methyl sites for hydroxylation is 1. The summed E-state index contributed by atoms with van der Waals surface area (Å²) in [6.07, 6.45) is 8.85. The zero-order valence-electron chi connectivity index (χ0n) is 15.9. The lowest BCUT2D eigenvalue weighted by Crippen LogP contribution is -2.43. The van der Waals surface area contributed by atoms with Crippen LogP contribution in [-0.4, -0.2) is 40.0 Å². The van der Waals surface area contributed by atoms with Gasteiger partial charge in [0.15, 0.2) is 5.82 Å². The number of hydrogen-bond acceptors (Lipinski definition) is 6. The van der Waals surface area contributed by atoms with Gasteiger partial charge in [0.2, 0.25) is 0 Å². The normalized spacial score (nSPS) is 24.3. The fraction of sp³-hybridized carbons (Fsp3) is 0.450. The summed E-state index contributed by atoms with van der Waals surface area (Å²) in [5.74, 6) is 2.29. The summed E-state index contributed by atoms with van der Waals surface area (Å²) < 4.78 is 0. The fourth-order valence-corrected chi connectivity index (χ4v) is 4.16. The van der Waals surface area contributed by atoms with Crippen molar-refractivity contribution in [3.8, 4) is 0 Å². The fourth-order valence-electron chi connectivity index (χ4n) is 4.16. The number of rotatable bonds is 6. The first-order chi connectivity index (χ1) is 13.1. The smallest absolute Gasteiger partial charge is 0.153 e. The molecule has 7 heteroatoms. The highest BCUT2D eigenvalue weighted by Gasteiger charge is 2.33. The molecule has 0 amide bonds. The molecular formula is C20H27N7. The Morgan fingerprint density at radius 3 is 2.63 bits per heavy atom. The van der Waals surface area contributed by atoms with E-state index in [0.29, 0.717) is 23.9 Å². The van der Waals surface area contributed by atoms with E-state index in [4.69, 9.17) is 4.98 Å². The van der Waals surface area contributed by atoms with Crippen molar-refractivity contribution in [3.63, 3.8) is 0 Å². The van der Waals surface area contributed by atoms with E-state index in [2.05, 4.69) is 37.9 Å². The average molecular weight is 365 g/mol. The molecule has 4 rings (SSSR count). The minimum Gasteiger partial charge on any atom is -0.367 e. The topological polar surface area (TPSA) is 90.0 Å². The Bertz CT molecular complexity index is 842. The van der Waals surface area contributed by atoms with Gasteiger partial charge in [-0.3, -0.25) is 10.1 Å². The van der Waals surface area contributed by atoms with Crippen LogP contribution in [-0.2, 0) is 0 Å². The van der Waals surface area contributed by atoms with Crippen LogP contribution in [0.3, 0.4) is 0 Å². The third-order valence-electron chi connectivity index (χ3n) is 5.32. The minimum atomic E-state index is 0.417. The largest absolute Gasteiger partial charge is 0.367 e. The Morgan fingerprint density at radius 2 is 2.00 bits per heavy atom. The summed E-state index contributed by atoms with van der Waals surface area (Å²) in [5, 5.41) is 17.8. The van der Waals surface area contributed by atoms with E-state index in [-0.39, 0.29) is 0 Å². The molecule has 1 unspecified atom stereocenters. The molecule has 27 heavy (non-hydrogen) atoms. The van der Waals surface area contributed by atoms with Gasteiger partial charge >= 0.3 is 0 Å². The van der Waals surface area contributed by atoms with Crippen molar-refractivity contribution in [2.24, 2.45) is 4.99 Å². The molecule has 2 fully saturated rings. The first-order valence-corrected chi connectivity index (χ1v) is 9.60. The van der Waals surface area contributed by atoms with Crippen molar-refractivity contribution in [2.45, 2.75) is 57.7 Å². The van der Waals surface area contributed by atoms with Gasteiger partial charge in [0.25, 0.3) is 0 Å². The Morgan fingerprint density at radius 1 is 1.22 bits per heavy atom. The number of fused-ring (bicyclic) bond motifs is 2. The van der Waals surface area contributed by atoms with Gasteiger partial charge in [0.1, 0.15) is 11.6 Å². The number of piperidine rings is 1.